The summed E-state index contributed by atoms with van der Waals surface area (Å²) in [7, 11) is 0. The molecule has 8 nitrogen and oxygen atoms in total. The Hall–Kier alpha value is -1.22. The fourth-order valence-electron chi connectivity index (χ4n) is 4.34. The van der Waals surface area contributed by atoms with Crippen molar-refractivity contribution in [2.45, 2.75) is 50.1 Å². The minimum Gasteiger partial charge on any atom is -0.371 e. The summed E-state index contributed by atoms with van der Waals surface area (Å²) in [6.45, 7) is 5.56. The van der Waals surface area contributed by atoms with Gasteiger partial charge in [-0.1, -0.05) is 6.42 Å². The van der Waals surface area contributed by atoms with Gasteiger partial charge >= 0.3 is 0 Å². The molecule has 0 aromatic rings. The molecule has 1 aliphatic carbocycles. The molecule has 2 amide bonds. The number of ether oxygens (including phenoxy) is 4. The molecule has 6 unspecified atom stereocenters. The Morgan fingerprint density at radius 1 is 0.643 bits per heavy atom. The molecule has 5 fully saturated rings. The number of amides is 2. The summed E-state index contributed by atoms with van der Waals surface area (Å²) in [6, 6.07) is 0. The van der Waals surface area contributed by atoms with E-state index in [2.05, 4.69) is 0 Å². The molecule has 0 spiro atoms. The Morgan fingerprint density at radius 3 is 1.25 bits per heavy atom. The number of hydrogen-bond donors (Lipinski definition) is 0. The first kappa shape index (κ1) is 18.8. The van der Waals surface area contributed by atoms with Gasteiger partial charge in [-0.2, -0.15) is 0 Å². The second-order valence-corrected chi connectivity index (χ2v) is 8.87. The van der Waals surface area contributed by atoms with Crippen LogP contribution in [0.2, 0.25) is 0 Å². The fourth-order valence-corrected chi connectivity index (χ4v) is 4.34. The van der Waals surface area contributed by atoms with Gasteiger partial charge in [0.25, 0.3) is 0 Å². The number of carbonyl (C=O) groups excluding carboxylic acids is 2. The van der Waals surface area contributed by atoms with Crippen LogP contribution >= 0.6 is 0 Å². The molecule has 6 atom stereocenters. The third kappa shape index (κ3) is 5.03. The summed E-state index contributed by atoms with van der Waals surface area (Å²) >= 11 is 0. The van der Waals surface area contributed by atoms with Crippen LogP contribution in [0.25, 0.3) is 0 Å². The number of rotatable bonds is 10. The number of carbonyl (C=O) groups is 2. The lowest BCUT2D eigenvalue weighted by atomic mass is 9.80. The van der Waals surface area contributed by atoms with E-state index in [1.165, 1.54) is 0 Å². The number of nitrogens with zero attached hydrogens (tertiary/aromatic N) is 2. The lowest BCUT2D eigenvalue weighted by Gasteiger charge is -2.34. The van der Waals surface area contributed by atoms with Gasteiger partial charge in [-0.3, -0.25) is 9.59 Å². The topological polar surface area (TPSA) is 90.7 Å². The average Bonchev–Trinajstić information content (AvgIpc) is 3.56. The third-order valence-electron chi connectivity index (χ3n) is 6.30. The highest BCUT2D eigenvalue weighted by molar-refractivity contribution is 5.82. The lowest BCUT2D eigenvalue weighted by molar-refractivity contribution is -0.142. The molecule has 0 bridgehead atoms. The molecule has 0 N–H and O–H groups in total. The molecule has 4 heterocycles. The standard InChI is InChI=1S/C20H30N2O6/c23-19(21(5-15-9-25-15)6-16-10-26-16)13-2-1-3-14(4-13)20(24)22(7-17-11-27-17)8-18-12-28-18/h13-18H,1-12H2. The van der Waals surface area contributed by atoms with Crippen LogP contribution < -0.4 is 0 Å². The van der Waals surface area contributed by atoms with Gasteiger partial charge in [0.1, 0.15) is 0 Å². The van der Waals surface area contributed by atoms with E-state index in [9.17, 15) is 9.59 Å². The van der Waals surface area contributed by atoms with Gasteiger partial charge in [-0.25, -0.2) is 0 Å². The normalized spacial score (nSPS) is 37.9. The smallest absolute Gasteiger partial charge is 0.225 e. The molecule has 1 saturated carbocycles. The Balaban J connectivity index is 1.19. The van der Waals surface area contributed by atoms with Gasteiger partial charge in [0.05, 0.1) is 50.8 Å². The van der Waals surface area contributed by atoms with Crippen molar-refractivity contribution in [2.24, 2.45) is 11.8 Å². The van der Waals surface area contributed by atoms with Gasteiger partial charge in [0.2, 0.25) is 11.8 Å². The fraction of sp³-hybridized carbons (Fsp3) is 0.900. The summed E-state index contributed by atoms with van der Waals surface area (Å²) in [4.78, 5) is 30.2. The van der Waals surface area contributed by atoms with Crippen LogP contribution in [0, 0.1) is 11.8 Å². The summed E-state index contributed by atoms with van der Waals surface area (Å²) in [5, 5.41) is 0. The predicted molar refractivity (Wildman–Crippen MR) is 97.6 cm³/mol. The predicted octanol–water partition coefficient (Wildman–Crippen LogP) is 0.0452. The van der Waals surface area contributed by atoms with Gasteiger partial charge in [0, 0.05) is 38.0 Å². The summed E-state index contributed by atoms with van der Waals surface area (Å²) in [5.74, 6) is 0.199. The van der Waals surface area contributed by atoms with Crippen LogP contribution in [-0.2, 0) is 28.5 Å². The van der Waals surface area contributed by atoms with E-state index in [4.69, 9.17) is 18.9 Å². The van der Waals surface area contributed by atoms with E-state index in [0.29, 0.717) is 32.6 Å². The molecule has 156 valence electrons. The van der Waals surface area contributed by atoms with Crippen LogP contribution in [-0.4, -0.2) is 98.6 Å². The number of epoxide rings is 4. The van der Waals surface area contributed by atoms with Gasteiger partial charge in [0.15, 0.2) is 0 Å². The number of hydrogen-bond acceptors (Lipinski definition) is 6. The molecule has 4 saturated heterocycles. The largest absolute Gasteiger partial charge is 0.371 e. The highest BCUT2D eigenvalue weighted by atomic mass is 16.6. The van der Waals surface area contributed by atoms with E-state index < -0.39 is 0 Å². The van der Waals surface area contributed by atoms with Crippen molar-refractivity contribution in [2.75, 3.05) is 52.6 Å². The van der Waals surface area contributed by atoms with Crippen LogP contribution in [0.15, 0.2) is 0 Å². The van der Waals surface area contributed by atoms with E-state index in [0.717, 1.165) is 45.7 Å². The van der Waals surface area contributed by atoms with Crippen molar-refractivity contribution in [1.82, 2.24) is 9.80 Å². The first-order chi connectivity index (χ1) is 13.7. The van der Waals surface area contributed by atoms with Crippen molar-refractivity contribution in [3.8, 4) is 0 Å². The van der Waals surface area contributed by atoms with Crippen molar-refractivity contribution < 1.29 is 28.5 Å². The molecule has 0 aromatic carbocycles. The maximum absolute atomic E-state index is 13.2. The quantitative estimate of drug-likeness (QED) is 0.486. The van der Waals surface area contributed by atoms with E-state index in [1.54, 1.807) is 0 Å². The van der Waals surface area contributed by atoms with Gasteiger partial charge in [-0.05, 0) is 19.3 Å². The highest BCUT2D eigenvalue weighted by Crippen LogP contribution is 2.33. The molecule has 5 rings (SSSR count). The second kappa shape index (κ2) is 7.89. The van der Waals surface area contributed by atoms with Crippen LogP contribution in [0.5, 0.6) is 0 Å². The highest BCUT2D eigenvalue weighted by Gasteiger charge is 2.40. The average molecular weight is 394 g/mol. The maximum atomic E-state index is 13.2. The zero-order valence-electron chi connectivity index (χ0n) is 16.3. The molecule has 0 radical (unpaired) electrons. The molecule has 4 aliphatic heterocycles. The van der Waals surface area contributed by atoms with Crippen molar-refractivity contribution in [3.63, 3.8) is 0 Å². The van der Waals surface area contributed by atoms with E-state index in [1.807, 2.05) is 9.80 Å². The van der Waals surface area contributed by atoms with Crippen LogP contribution in [0.4, 0.5) is 0 Å². The molecule has 0 aromatic heterocycles. The first-order valence-corrected chi connectivity index (χ1v) is 10.7. The monoisotopic (exact) mass is 394 g/mol. The van der Waals surface area contributed by atoms with Crippen molar-refractivity contribution >= 4 is 11.8 Å². The lowest BCUT2D eigenvalue weighted by Crippen LogP contribution is -2.45. The summed E-state index contributed by atoms with van der Waals surface area (Å²) in [5.41, 5.74) is 0. The molecular weight excluding hydrogens is 364 g/mol. The molecule has 28 heavy (non-hydrogen) atoms. The van der Waals surface area contributed by atoms with Crippen LogP contribution in [0.1, 0.15) is 25.7 Å². The van der Waals surface area contributed by atoms with Crippen molar-refractivity contribution in [3.05, 3.63) is 0 Å². The van der Waals surface area contributed by atoms with Gasteiger partial charge < -0.3 is 28.7 Å². The SMILES string of the molecule is O=C(C1CCCC(C(=O)N(CC2CO2)CC2CO2)C1)N(CC1CO1)CC1CO1. The minimum absolute atomic E-state index is 0.0728. The molecular formula is C20H30N2O6. The zero-order valence-corrected chi connectivity index (χ0v) is 16.3. The summed E-state index contributed by atoms with van der Waals surface area (Å²) in [6.07, 6.45) is 4.02. The Kier molecular flexibility index (Phi) is 5.30. The second-order valence-electron chi connectivity index (χ2n) is 8.87. The Labute approximate surface area is 165 Å². The van der Waals surface area contributed by atoms with Gasteiger partial charge in [-0.15, -0.1) is 0 Å². The maximum Gasteiger partial charge on any atom is 0.225 e. The van der Waals surface area contributed by atoms with E-state index in [-0.39, 0.29) is 48.1 Å². The molecule has 5 aliphatic rings. The van der Waals surface area contributed by atoms with Crippen LogP contribution in [0.3, 0.4) is 0 Å². The Morgan fingerprint density at radius 2 is 0.964 bits per heavy atom. The third-order valence-corrected chi connectivity index (χ3v) is 6.30. The van der Waals surface area contributed by atoms with E-state index >= 15 is 0 Å². The zero-order chi connectivity index (χ0) is 19.1. The Bertz CT molecular complexity index is 522. The molecule has 8 heteroatoms. The first-order valence-electron chi connectivity index (χ1n) is 10.7. The summed E-state index contributed by atoms with van der Waals surface area (Å²) < 4.78 is 21.3. The van der Waals surface area contributed by atoms with Crippen molar-refractivity contribution in [1.29, 1.82) is 0 Å². The minimum atomic E-state index is -0.0728.